The molecule has 0 aliphatic rings. The Morgan fingerprint density at radius 3 is 2.62 bits per heavy atom. The first-order valence-electron chi connectivity index (χ1n) is 6.21. The van der Waals surface area contributed by atoms with Gasteiger partial charge in [-0.05, 0) is 17.5 Å². The predicted octanol–water partition coefficient (Wildman–Crippen LogP) is 1.52. The van der Waals surface area contributed by atoms with Crippen LogP contribution in [0.3, 0.4) is 0 Å². The van der Waals surface area contributed by atoms with Crippen molar-refractivity contribution in [2.24, 2.45) is 5.84 Å². The highest BCUT2D eigenvalue weighted by Gasteiger charge is 2.12. The van der Waals surface area contributed by atoms with Gasteiger partial charge in [0, 0.05) is 15.2 Å². The number of nitrogens with one attached hydrogen (secondary N) is 2. The van der Waals surface area contributed by atoms with Crippen LogP contribution in [0.5, 0.6) is 0 Å². The predicted molar refractivity (Wildman–Crippen MR) is 90.0 cm³/mol. The fourth-order valence-electron chi connectivity index (χ4n) is 2.44. The summed E-state index contributed by atoms with van der Waals surface area (Å²) < 4.78 is 2.28. The second-order valence-electron chi connectivity index (χ2n) is 4.65. The van der Waals surface area contributed by atoms with Gasteiger partial charge in [-0.25, -0.2) is 10.5 Å². The molecular formula is C15H13BrN4O. The second-order valence-corrected chi connectivity index (χ2v) is 5.50. The smallest absolute Gasteiger partial charge is 0.277 e. The SMILES string of the molecule is C=C(NN)Nn1c(=C)c2ccc(Br)c3cccc(c1=O)c32. The molecule has 1 aromatic heterocycles. The van der Waals surface area contributed by atoms with Gasteiger partial charge < -0.3 is 5.43 Å². The number of benzene rings is 2. The zero-order chi connectivity index (χ0) is 15.1. The van der Waals surface area contributed by atoms with Gasteiger partial charge in [0.05, 0.1) is 10.7 Å². The molecule has 0 amide bonds. The van der Waals surface area contributed by atoms with E-state index in [1.54, 1.807) is 6.07 Å². The number of hydrogen-bond acceptors (Lipinski definition) is 4. The quantitative estimate of drug-likeness (QED) is 0.497. The Balaban J connectivity index is 2.50. The van der Waals surface area contributed by atoms with Crippen LogP contribution in [-0.2, 0) is 0 Å². The Labute approximate surface area is 128 Å². The molecule has 0 saturated heterocycles. The molecule has 106 valence electrons. The summed E-state index contributed by atoms with van der Waals surface area (Å²) in [4.78, 5) is 12.7. The summed E-state index contributed by atoms with van der Waals surface area (Å²) in [7, 11) is 0. The van der Waals surface area contributed by atoms with E-state index in [9.17, 15) is 4.79 Å². The van der Waals surface area contributed by atoms with E-state index >= 15 is 0 Å². The monoisotopic (exact) mass is 344 g/mol. The van der Waals surface area contributed by atoms with Gasteiger partial charge in [-0.1, -0.05) is 47.3 Å². The van der Waals surface area contributed by atoms with Crippen molar-refractivity contribution in [2.45, 2.75) is 0 Å². The minimum Gasteiger partial charge on any atom is -0.309 e. The van der Waals surface area contributed by atoms with Crippen LogP contribution in [0.25, 0.3) is 28.1 Å². The van der Waals surface area contributed by atoms with E-state index in [2.05, 4.69) is 39.9 Å². The molecule has 0 spiro atoms. The summed E-state index contributed by atoms with van der Waals surface area (Å²) >= 11 is 3.51. The zero-order valence-corrected chi connectivity index (χ0v) is 12.7. The topological polar surface area (TPSA) is 72.1 Å². The highest BCUT2D eigenvalue weighted by Crippen LogP contribution is 2.28. The Kier molecular flexibility index (Phi) is 3.19. The van der Waals surface area contributed by atoms with Crippen molar-refractivity contribution < 1.29 is 0 Å². The number of aromatic nitrogens is 1. The standard InChI is InChI=1S/C15H13BrN4O/c1-8-10-6-7-13(16)11-4-3-5-12(14(10)11)15(21)20(8)19-9(2)18-17/h3-7,18-19H,1-2,17H2. The van der Waals surface area contributed by atoms with Crippen molar-refractivity contribution in [3.63, 3.8) is 0 Å². The summed E-state index contributed by atoms with van der Waals surface area (Å²) in [6, 6.07) is 9.48. The maximum atomic E-state index is 12.7. The van der Waals surface area contributed by atoms with Crippen molar-refractivity contribution in [3.8, 4) is 0 Å². The minimum atomic E-state index is -0.201. The highest BCUT2D eigenvalue weighted by atomic mass is 79.9. The summed E-state index contributed by atoms with van der Waals surface area (Å²) in [6.45, 7) is 7.67. The summed E-state index contributed by atoms with van der Waals surface area (Å²) in [6.07, 6.45) is 0. The van der Waals surface area contributed by atoms with Crippen LogP contribution in [0.1, 0.15) is 0 Å². The molecule has 1 heterocycles. The number of nitrogens with zero attached hydrogens (tertiary/aromatic N) is 1. The Morgan fingerprint density at radius 1 is 1.19 bits per heavy atom. The lowest BCUT2D eigenvalue weighted by Gasteiger charge is -2.15. The zero-order valence-electron chi connectivity index (χ0n) is 11.1. The molecule has 0 radical (unpaired) electrons. The summed E-state index contributed by atoms with van der Waals surface area (Å²) in [5.74, 6) is 5.59. The van der Waals surface area contributed by atoms with Crippen LogP contribution in [-0.4, -0.2) is 4.68 Å². The molecule has 21 heavy (non-hydrogen) atoms. The van der Waals surface area contributed by atoms with Crippen LogP contribution < -0.4 is 27.6 Å². The summed E-state index contributed by atoms with van der Waals surface area (Å²) in [5, 5.41) is 3.92. The molecule has 0 aliphatic heterocycles. The Bertz CT molecular complexity index is 944. The van der Waals surface area contributed by atoms with Gasteiger partial charge in [-0.2, -0.15) is 0 Å². The molecule has 5 nitrogen and oxygen atoms in total. The first kappa shape index (κ1) is 13.7. The lowest BCUT2D eigenvalue weighted by molar-refractivity contribution is 0.781. The molecular weight excluding hydrogens is 332 g/mol. The van der Waals surface area contributed by atoms with Crippen LogP contribution in [0.4, 0.5) is 0 Å². The van der Waals surface area contributed by atoms with E-state index < -0.39 is 0 Å². The molecule has 0 aliphatic carbocycles. The molecule has 4 N–H and O–H groups in total. The van der Waals surface area contributed by atoms with E-state index in [-0.39, 0.29) is 5.56 Å². The van der Waals surface area contributed by atoms with E-state index in [1.165, 1.54) is 4.68 Å². The average Bonchev–Trinajstić information content (AvgIpc) is 2.50. The van der Waals surface area contributed by atoms with E-state index in [1.807, 2.05) is 24.3 Å². The molecule has 3 rings (SSSR count). The second kappa shape index (κ2) is 4.91. The molecule has 0 saturated carbocycles. The fraction of sp³-hybridized carbons (Fsp3) is 0. The van der Waals surface area contributed by atoms with E-state index in [4.69, 9.17) is 5.84 Å². The largest absolute Gasteiger partial charge is 0.309 e. The molecule has 0 atom stereocenters. The van der Waals surface area contributed by atoms with Gasteiger partial charge in [0.2, 0.25) is 0 Å². The van der Waals surface area contributed by atoms with E-state index in [0.29, 0.717) is 16.6 Å². The number of halogens is 1. The third-order valence-electron chi connectivity index (χ3n) is 3.42. The number of nitrogens with two attached hydrogens (primary N) is 1. The average molecular weight is 345 g/mol. The van der Waals surface area contributed by atoms with E-state index in [0.717, 1.165) is 20.6 Å². The molecule has 2 aromatic carbocycles. The third-order valence-corrected chi connectivity index (χ3v) is 4.11. The highest BCUT2D eigenvalue weighted by molar-refractivity contribution is 9.10. The molecule has 0 bridgehead atoms. The van der Waals surface area contributed by atoms with Crippen molar-refractivity contribution >= 4 is 44.1 Å². The van der Waals surface area contributed by atoms with Crippen molar-refractivity contribution in [3.05, 3.63) is 62.9 Å². The summed E-state index contributed by atoms with van der Waals surface area (Å²) in [5.41, 5.74) is 4.97. The number of hydrogen-bond donors (Lipinski definition) is 3. The van der Waals surface area contributed by atoms with Gasteiger partial charge in [0.25, 0.3) is 5.56 Å². The van der Waals surface area contributed by atoms with Crippen LogP contribution in [0, 0.1) is 0 Å². The lowest BCUT2D eigenvalue weighted by Crippen LogP contribution is -2.42. The lowest BCUT2D eigenvalue weighted by atomic mass is 10.0. The maximum absolute atomic E-state index is 12.7. The van der Waals surface area contributed by atoms with Gasteiger partial charge in [0.1, 0.15) is 5.82 Å². The van der Waals surface area contributed by atoms with Crippen LogP contribution in [0.15, 0.2) is 52.0 Å². The molecule has 0 unspecified atom stereocenters. The molecule has 3 aromatic rings. The van der Waals surface area contributed by atoms with Gasteiger partial charge in [-0.15, -0.1) is 0 Å². The first-order chi connectivity index (χ1) is 10.0. The van der Waals surface area contributed by atoms with Crippen molar-refractivity contribution in [2.75, 3.05) is 5.43 Å². The Hall–Kier alpha value is -2.31. The van der Waals surface area contributed by atoms with Crippen molar-refractivity contribution in [1.29, 1.82) is 0 Å². The fourth-order valence-corrected chi connectivity index (χ4v) is 2.90. The molecule has 0 fully saturated rings. The normalized spacial score (nSPS) is 11.0. The number of rotatable bonds is 3. The van der Waals surface area contributed by atoms with Gasteiger partial charge in [-0.3, -0.25) is 10.2 Å². The number of hydrazine groups is 1. The van der Waals surface area contributed by atoms with Gasteiger partial charge >= 0.3 is 0 Å². The van der Waals surface area contributed by atoms with Crippen molar-refractivity contribution in [1.82, 2.24) is 10.1 Å². The third kappa shape index (κ3) is 2.00. The Morgan fingerprint density at radius 2 is 1.90 bits per heavy atom. The number of pyridine rings is 1. The first-order valence-corrected chi connectivity index (χ1v) is 7.01. The molecule has 6 heteroatoms. The van der Waals surface area contributed by atoms with Gasteiger partial charge in [0.15, 0.2) is 0 Å². The minimum absolute atomic E-state index is 0.201. The maximum Gasteiger partial charge on any atom is 0.277 e. The van der Waals surface area contributed by atoms with Crippen LogP contribution in [0.2, 0.25) is 0 Å². The van der Waals surface area contributed by atoms with Crippen LogP contribution >= 0.6 is 15.9 Å².